The summed E-state index contributed by atoms with van der Waals surface area (Å²) in [7, 11) is 0. The van der Waals surface area contributed by atoms with Crippen LogP contribution in [0.1, 0.15) is 6.92 Å². The van der Waals surface area contributed by atoms with Crippen LogP contribution in [-0.4, -0.2) is 40.8 Å². The van der Waals surface area contributed by atoms with E-state index < -0.39 is 30.6 Å². The van der Waals surface area contributed by atoms with Crippen LogP contribution in [0, 0.1) is 0 Å². The predicted molar refractivity (Wildman–Crippen MR) is 34.0 cm³/mol. The molecule has 0 saturated carbocycles. The summed E-state index contributed by atoms with van der Waals surface area (Å²) in [4.78, 5) is 9.94. The van der Waals surface area contributed by atoms with Crippen molar-refractivity contribution in [3.8, 4) is 0 Å². The molecule has 72 valence electrons. The highest BCUT2D eigenvalue weighted by Crippen LogP contribution is 2.21. The van der Waals surface area contributed by atoms with Crippen LogP contribution >= 0.6 is 0 Å². The second-order valence-corrected chi connectivity index (χ2v) is 2.55. The quantitative estimate of drug-likeness (QED) is 0.670. The van der Waals surface area contributed by atoms with Crippen molar-refractivity contribution < 1.29 is 28.2 Å². The van der Waals surface area contributed by atoms with Gasteiger partial charge in [0.1, 0.15) is 12.3 Å². The van der Waals surface area contributed by atoms with Crippen LogP contribution in [-0.2, 0) is 4.79 Å². The lowest BCUT2D eigenvalue weighted by atomic mass is 9.95. The third-order valence-corrected chi connectivity index (χ3v) is 1.50. The fraction of sp³-hybridized carbons (Fsp3) is 0.833. The maximum absolute atomic E-state index is 12.5. The van der Waals surface area contributed by atoms with Gasteiger partial charge in [-0.25, -0.2) is 18.0 Å². The average molecular weight is 186 g/mol. The fourth-order valence-corrected chi connectivity index (χ4v) is 0.565. The Labute approximate surface area is 66.8 Å². The minimum Gasteiger partial charge on any atom is -0.479 e. The molecule has 0 aromatic heterocycles. The molecule has 0 heterocycles. The summed E-state index contributed by atoms with van der Waals surface area (Å²) >= 11 is 0. The number of carboxylic acids is 1. The first-order chi connectivity index (χ1) is 5.34. The van der Waals surface area contributed by atoms with Crippen LogP contribution in [0.4, 0.5) is 13.2 Å². The Morgan fingerprint density at radius 1 is 1.58 bits per heavy atom. The number of alkyl halides is 3. The molecular weight excluding hydrogens is 177 g/mol. The lowest BCUT2D eigenvalue weighted by molar-refractivity contribution is -0.159. The molecule has 3 nitrogen and oxygen atoms in total. The highest BCUT2D eigenvalue weighted by Gasteiger charge is 2.45. The van der Waals surface area contributed by atoms with Crippen LogP contribution in [0.15, 0.2) is 0 Å². The van der Waals surface area contributed by atoms with Crippen molar-refractivity contribution in [1.29, 1.82) is 0 Å². The van der Waals surface area contributed by atoms with Crippen LogP contribution in [0.3, 0.4) is 0 Å². The van der Waals surface area contributed by atoms with Gasteiger partial charge in [-0.3, -0.25) is 0 Å². The predicted octanol–water partition coefficient (Wildman–Crippen LogP) is 0.468. The van der Waals surface area contributed by atoms with Crippen LogP contribution < -0.4 is 0 Å². The molecule has 0 aliphatic rings. The van der Waals surface area contributed by atoms with E-state index in [1.54, 1.807) is 0 Å². The van der Waals surface area contributed by atoms with Crippen molar-refractivity contribution in [1.82, 2.24) is 0 Å². The standard InChI is InChI=1S/C6H9F3O3/c1-6(12,3(8)2-7)4(9)5(10)11/h3-4,12H,2H2,1H3,(H,10,11). The van der Waals surface area contributed by atoms with Crippen LogP contribution in [0.5, 0.6) is 0 Å². The topological polar surface area (TPSA) is 57.5 Å². The van der Waals surface area contributed by atoms with Crippen molar-refractivity contribution in [2.24, 2.45) is 0 Å². The van der Waals surface area contributed by atoms with Gasteiger partial charge in [0, 0.05) is 0 Å². The average Bonchev–Trinajstić information content (AvgIpc) is 2.01. The third-order valence-electron chi connectivity index (χ3n) is 1.50. The Balaban J connectivity index is 4.48. The number of aliphatic carboxylic acids is 1. The molecule has 12 heavy (non-hydrogen) atoms. The number of hydrogen-bond donors (Lipinski definition) is 2. The number of halogens is 3. The van der Waals surface area contributed by atoms with Gasteiger partial charge >= 0.3 is 5.97 Å². The van der Waals surface area contributed by atoms with Gasteiger partial charge in [-0.2, -0.15) is 0 Å². The number of carboxylic acid groups (broad SMARTS) is 1. The Kier molecular flexibility index (Phi) is 3.51. The molecule has 0 amide bonds. The van der Waals surface area contributed by atoms with Crippen molar-refractivity contribution >= 4 is 5.97 Å². The van der Waals surface area contributed by atoms with Crippen molar-refractivity contribution in [2.45, 2.75) is 24.9 Å². The minimum atomic E-state index is -2.83. The first-order valence-electron chi connectivity index (χ1n) is 3.13. The minimum absolute atomic E-state index is 0.593. The summed E-state index contributed by atoms with van der Waals surface area (Å²) in [6.45, 7) is -1.03. The zero-order chi connectivity index (χ0) is 9.94. The fourth-order valence-electron chi connectivity index (χ4n) is 0.565. The number of carbonyl (C=O) groups is 1. The second-order valence-electron chi connectivity index (χ2n) is 2.55. The summed E-state index contributed by atoms with van der Waals surface area (Å²) in [5, 5.41) is 16.9. The third kappa shape index (κ3) is 2.10. The van der Waals surface area contributed by atoms with Crippen molar-refractivity contribution in [2.75, 3.05) is 6.67 Å². The van der Waals surface area contributed by atoms with E-state index in [1.807, 2.05) is 0 Å². The van der Waals surface area contributed by atoms with E-state index in [1.165, 1.54) is 0 Å². The lowest BCUT2D eigenvalue weighted by Crippen LogP contribution is -2.50. The van der Waals surface area contributed by atoms with E-state index in [2.05, 4.69) is 0 Å². The molecule has 0 rings (SSSR count). The SMILES string of the molecule is CC(O)(C(F)CF)C(F)C(=O)O. The van der Waals surface area contributed by atoms with Gasteiger partial charge in [0.2, 0.25) is 6.17 Å². The summed E-state index contributed by atoms with van der Waals surface area (Å²) in [6.07, 6.45) is -5.37. The van der Waals surface area contributed by atoms with Gasteiger partial charge in [-0.1, -0.05) is 0 Å². The van der Waals surface area contributed by atoms with Gasteiger partial charge in [-0.05, 0) is 6.92 Å². The molecule has 0 spiro atoms. The molecule has 0 saturated heterocycles. The summed E-state index contributed by atoms with van der Waals surface area (Å²) in [5.74, 6) is -2.02. The van der Waals surface area contributed by atoms with Crippen molar-refractivity contribution in [3.05, 3.63) is 0 Å². The van der Waals surface area contributed by atoms with Crippen LogP contribution in [0.2, 0.25) is 0 Å². The Morgan fingerprint density at radius 2 is 2.00 bits per heavy atom. The van der Waals surface area contributed by atoms with E-state index in [4.69, 9.17) is 10.2 Å². The lowest BCUT2D eigenvalue weighted by Gasteiger charge is -2.26. The van der Waals surface area contributed by atoms with Gasteiger partial charge in [-0.15, -0.1) is 0 Å². The molecule has 0 aromatic rings. The highest BCUT2D eigenvalue weighted by atomic mass is 19.2. The van der Waals surface area contributed by atoms with E-state index >= 15 is 0 Å². The van der Waals surface area contributed by atoms with E-state index in [0.717, 1.165) is 0 Å². The van der Waals surface area contributed by atoms with Gasteiger partial charge < -0.3 is 10.2 Å². The zero-order valence-electron chi connectivity index (χ0n) is 6.30. The Bertz CT molecular complexity index is 171. The number of hydrogen-bond acceptors (Lipinski definition) is 2. The molecule has 0 aromatic carbocycles. The Morgan fingerprint density at radius 3 is 2.25 bits per heavy atom. The molecule has 0 radical (unpaired) electrons. The van der Waals surface area contributed by atoms with Crippen LogP contribution in [0.25, 0.3) is 0 Å². The summed E-state index contributed by atoms with van der Waals surface area (Å²) in [6, 6.07) is 0. The van der Waals surface area contributed by atoms with Gasteiger partial charge in [0.25, 0.3) is 0 Å². The maximum atomic E-state index is 12.5. The monoisotopic (exact) mass is 186 g/mol. The maximum Gasteiger partial charge on any atom is 0.341 e. The van der Waals surface area contributed by atoms with Gasteiger partial charge in [0.05, 0.1) is 0 Å². The van der Waals surface area contributed by atoms with Gasteiger partial charge in [0.15, 0.2) is 6.17 Å². The van der Waals surface area contributed by atoms with Crippen molar-refractivity contribution in [3.63, 3.8) is 0 Å². The van der Waals surface area contributed by atoms with E-state index in [9.17, 15) is 18.0 Å². The number of aliphatic hydroxyl groups is 1. The zero-order valence-corrected chi connectivity index (χ0v) is 6.30. The van der Waals surface area contributed by atoms with E-state index in [-0.39, 0.29) is 0 Å². The summed E-state index contributed by atoms with van der Waals surface area (Å²) < 4.78 is 36.5. The smallest absolute Gasteiger partial charge is 0.341 e. The normalized spacial score (nSPS) is 21.1. The van der Waals surface area contributed by atoms with E-state index in [0.29, 0.717) is 6.92 Å². The molecular formula is C6H9F3O3. The molecule has 3 unspecified atom stereocenters. The molecule has 0 bridgehead atoms. The molecule has 3 atom stereocenters. The molecule has 0 aliphatic heterocycles. The Hall–Kier alpha value is -0.780. The molecule has 2 N–H and O–H groups in total. The largest absolute Gasteiger partial charge is 0.479 e. The molecule has 6 heteroatoms. The summed E-state index contributed by atoms with van der Waals surface area (Å²) in [5.41, 5.74) is -2.82. The molecule has 0 fully saturated rings. The molecule has 0 aliphatic carbocycles. The number of rotatable bonds is 4. The second kappa shape index (κ2) is 3.75. The first kappa shape index (κ1) is 11.2. The first-order valence-corrected chi connectivity index (χ1v) is 3.13. The highest BCUT2D eigenvalue weighted by molar-refractivity contribution is 5.73.